The van der Waals surface area contributed by atoms with Gasteiger partial charge in [-0.05, 0) is 69.1 Å². The summed E-state index contributed by atoms with van der Waals surface area (Å²) in [4.78, 5) is 72.4. The van der Waals surface area contributed by atoms with Crippen LogP contribution in [0.2, 0.25) is 0 Å². The summed E-state index contributed by atoms with van der Waals surface area (Å²) < 4.78 is 68.2. The Morgan fingerprint density at radius 2 is 0.600 bits per heavy atom. The summed E-state index contributed by atoms with van der Waals surface area (Å²) in [5, 5.41) is 10.6. The van der Waals surface area contributed by atoms with Crippen LogP contribution in [-0.2, 0) is 65.4 Å². The average Bonchev–Trinajstić information content (AvgIpc) is 3.70. The quantitative estimate of drug-likeness (QED) is 0.0169. The van der Waals surface area contributed by atoms with E-state index in [4.69, 9.17) is 37.0 Å². The zero-order valence-electron chi connectivity index (χ0n) is 58.1. The molecule has 0 fully saturated rings. The van der Waals surface area contributed by atoms with Crippen molar-refractivity contribution in [2.45, 2.75) is 349 Å². The van der Waals surface area contributed by atoms with Gasteiger partial charge in [-0.2, -0.15) is 0 Å². The van der Waals surface area contributed by atoms with Gasteiger partial charge in [-0.3, -0.25) is 37.3 Å². The smallest absolute Gasteiger partial charge is 0.462 e. The van der Waals surface area contributed by atoms with Gasteiger partial charge in [0, 0.05) is 25.7 Å². The minimum absolute atomic E-state index is 0.0834. The fourth-order valence-corrected chi connectivity index (χ4v) is 11.8. The first-order valence-corrected chi connectivity index (χ1v) is 39.2. The van der Waals surface area contributed by atoms with Gasteiger partial charge < -0.3 is 33.8 Å². The molecule has 0 aliphatic carbocycles. The first-order chi connectivity index (χ1) is 43.2. The van der Waals surface area contributed by atoms with Crippen LogP contribution in [-0.4, -0.2) is 96.7 Å². The number of aliphatic hydroxyl groups excluding tert-OH is 1. The fourth-order valence-electron chi connectivity index (χ4n) is 10.2. The normalized spacial score (nSPS) is 14.4. The molecular weight excluding hydrogens is 1190 g/mol. The van der Waals surface area contributed by atoms with E-state index in [-0.39, 0.29) is 25.7 Å². The molecule has 0 aromatic carbocycles. The highest BCUT2D eigenvalue weighted by molar-refractivity contribution is 7.47. The molecule has 0 aliphatic heterocycles. The van der Waals surface area contributed by atoms with Crippen molar-refractivity contribution < 1.29 is 80.2 Å². The minimum atomic E-state index is -4.96. The molecule has 0 spiro atoms. The Labute approximate surface area is 548 Å². The first-order valence-electron chi connectivity index (χ1n) is 36.2. The van der Waals surface area contributed by atoms with Gasteiger partial charge in [0.05, 0.1) is 26.4 Å². The maximum absolute atomic E-state index is 13.0. The summed E-state index contributed by atoms with van der Waals surface area (Å²) in [5.41, 5.74) is 0. The van der Waals surface area contributed by atoms with Gasteiger partial charge in [0.25, 0.3) is 0 Å². The van der Waals surface area contributed by atoms with Crippen molar-refractivity contribution in [1.29, 1.82) is 0 Å². The highest BCUT2D eigenvalue weighted by Crippen LogP contribution is 2.45. The van der Waals surface area contributed by atoms with E-state index in [1.807, 2.05) is 0 Å². The number of phosphoric ester groups is 2. The van der Waals surface area contributed by atoms with Crippen molar-refractivity contribution in [1.82, 2.24) is 0 Å². The van der Waals surface area contributed by atoms with Gasteiger partial charge in [0.15, 0.2) is 12.2 Å². The Kier molecular flexibility index (Phi) is 59.7. The lowest BCUT2D eigenvalue weighted by atomic mass is 10.0. The predicted octanol–water partition coefficient (Wildman–Crippen LogP) is 19.8. The molecule has 0 aliphatic rings. The molecule has 2 unspecified atom stereocenters. The molecule has 0 heterocycles. The van der Waals surface area contributed by atoms with Gasteiger partial charge >= 0.3 is 39.5 Å². The topological polar surface area (TPSA) is 237 Å². The molecular formula is C71H134O17P2. The number of rotatable bonds is 67. The van der Waals surface area contributed by atoms with E-state index in [1.165, 1.54) is 122 Å². The van der Waals surface area contributed by atoms with Crippen LogP contribution in [0.1, 0.15) is 331 Å². The third-order valence-electron chi connectivity index (χ3n) is 15.8. The SMILES string of the molecule is CCCCCC/C=C\C=C/CCCCCCCC(=O)O[C@H](COC(=O)CCCCCCCCC(C)C)COP(=O)(O)OC[C@H](O)COP(=O)(O)OC[C@@H](COC(=O)CCCCCCCCCCCCCCCCC(C)C)OC(=O)CCCCCCCCC(C)C. The molecule has 0 radical (unpaired) electrons. The zero-order valence-corrected chi connectivity index (χ0v) is 59.9. The lowest BCUT2D eigenvalue weighted by Crippen LogP contribution is -2.30. The summed E-state index contributed by atoms with van der Waals surface area (Å²) in [6.07, 6.45) is 48.4. The number of allylic oxidation sites excluding steroid dienone is 4. The van der Waals surface area contributed by atoms with Gasteiger partial charge in [-0.1, -0.05) is 278 Å². The van der Waals surface area contributed by atoms with Crippen molar-refractivity contribution in [3.63, 3.8) is 0 Å². The molecule has 0 aromatic rings. The molecule has 3 N–H and O–H groups in total. The van der Waals surface area contributed by atoms with Crippen molar-refractivity contribution in [2.75, 3.05) is 39.6 Å². The summed E-state index contributed by atoms with van der Waals surface area (Å²) >= 11 is 0. The minimum Gasteiger partial charge on any atom is -0.462 e. The Morgan fingerprint density at radius 3 is 0.900 bits per heavy atom. The average molecular weight is 1320 g/mol. The van der Waals surface area contributed by atoms with E-state index in [2.05, 4.69) is 72.8 Å². The number of carbonyl (C=O) groups excluding carboxylic acids is 4. The lowest BCUT2D eigenvalue weighted by molar-refractivity contribution is -0.161. The molecule has 0 saturated heterocycles. The van der Waals surface area contributed by atoms with Crippen molar-refractivity contribution in [3.05, 3.63) is 24.3 Å². The molecule has 530 valence electrons. The summed E-state index contributed by atoms with van der Waals surface area (Å²) in [5.74, 6) is -0.0213. The number of carbonyl (C=O) groups is 4. The summed E-state index contributed by atoms with van der Waals surface area (Å²) in [6, 6.07) is 0. The van der Waals surface area contributed by atoms with Crippen LogP contribution in [0.3, 0.4) is 0 Å². The molecule has 0 rings (SSSR count). The molecule has 0 saturated carbocycles. The van der Waals surface area contributed by atoms with E-state index in [0.717, 1.165) is 115 Å². The summed E-state index contributed by atoms with van der Waals surface area (Å²) in [6.45, 7) is 11.6. The zero-order chi connectivity index (χ0) is 66.6. The van der Waals surface area contributed by atoms with E-state index < -0.39 is 97.5 Å². The highest BCUT2D eigenvalue weighted by Gasteiger charge is 2.30. The van der Waals surface area contributed by atoms with Crippen LogP contribution in [0.25, 0.3) is 0 Å². The van der Waals surface area contributed by atoms with E-state index in [9.17, 15) is 43.2 Å². The Balaban J connectivity index is 5.21. The Morgan fingerprint density at radius 1 is 0.344 bits per heavy atom. The number of esters is 4. The maximum Gasteiger partial charge on any atom is 0.472 e. The number of ether oxygens (including phenoxy) is 4. The third kappa shape index (κ3) is 64.3. The largest absolute Gasteiger partial charge is 0.472 e. The van der Waals surface area contributed by atoms with Gasteiger partial charge in [-0.15, -0.1) is 0 Å². The molecule has 19 heteroatoms. The van der Waals surface area contributed by atoms with Gasteiger partial charge in [0.2, 0.25) is 0 Å². The molecule has 0 aromatic heterocycles. The van der Waals surface area contributed by atoms with Crippen molar-refractivity contribution in [2.24, 2.45) is 17.8 Å². The number of phosphoric acid groups is 2. The second kappa shape index (κ2) is 61.4. The number of unbranched alkanes of at least 4 members (excludes halogenated alkanes) is 32. The Bertz CT molecular complexity index is 1860. The third-order valence-corrected chi connectivity index (χ3v) is 17.7. The van der Waals surface area contributed by atoms with E-state index in [1.54, 1.807) is 0 Å². The van der Waals surface area contributed by atoms with Crippen molar-refractivity contribution in [3.8, 4) is 0 Å². The van der Waals surface area contributed by atoms with Crippen LogP contribution in [0, 0.1) is 17.8 Å². The van der Waals surface area contributed by atoms with Crippen LogP contribution in [0.5, 0.6) is 0 Å². The van der Waals surface area contributed by atoms with Crippen LogP contribution in [0.15, 0.2) is 24.3 Å². The monoisotopic (exact) mass is 1320 g/mol. The van der Waals surface area contributed by atoms with Crippen LogP contribution in [0.4, 0.5) is 0 Å². The van der Waals surface area contributed by atoms with Gasteiger partial charge in [0.1, 0.15) is 19.3 Å². The second-order valence-corrected chi connectivity index (χ2v) is 29.3. The van der Waals surface area contributed by atoms with Crippen LogP contribution < -0.4 is 0 Å². The second-order valence-electron chi connectivity index (χ2n) is 26.4. The molecule has 5 atom stereocenters. The highest BCUT2D eigenvalue weighted by atomic mass is 31.2. The predicted molar refractivity (Wildman–Crippen MR) is 363 cm³/mol. The van der Waals surface area contributed by atoms with E-state index >= 15 is 0 Å². The molecule has 0 bridgehead atoms. The number of hydrogen-bond donors (Lipinski definition) is 3. The van der Waals surface area contributed by atoms with Gasteiger partial charge in [-0.25, -0.2) is 9.13 Å². The number of aliphatic hydroxyl groups is 1. The maximum atomic E-state index is 13.0. The Hall–Kier alpha value is -2.46. The fraction of sp³-hybridized carbons (Fsp3) is 0.887. The number of hydrogen-bond acceptors (Lipinski definition) is 15. The molecule has 17 nitrogen and oxygen atoms in total. The van der Waals surface area contributed by atoms with Crippen molar-refractivity contribution >= 4 is 39.5 Å². The standard InChI is InChI=1S/C71H134O17P2/c1-8-9-10-11-12-13-14-15-16-21-24-27-30-40-47-54-70(75)87-66(59-82-69(74)53-46-39-33-31-36-43-50-63(4)5)60-85-89(77,78)83-56-65(72)57-84-90(79,80)86-61-67(88-71(76)55-48-41-34-32-37-44-51-64(6)7)58-81-68(73)52-45-38-29-26-23-20-18-17-19-22-25-28-35-42-49-62(2)3/h13-16,62-67,72H,8-12,17-61H2,1-7H3,(H,77,78)(H,79,80)/b14-13-,16-15-/t65-,66+,67+/m0/s1. The molecule has 90 heavy (non-hydrogen) atoms. The summed E-state index contributed by atoms with van der Waals surface area (Å²) in [7, 11) is -9.91. The lowest BCUT2D eigenvalue weighted by Gasteiger charge is -2.21. The van der Waals surface area contributed by atoms with E-state index in [0.29, 0.717) is 37.5 Å². The molecule has 0 amide bonds. The first kappa shape index (κ1) is 87.5. The van der Waals surface area contributed by atoms with Crippen LogP contribution >= 0.6 is 15.6 Å².